The van der Waals surface area contributed by atoms with Crippen LogP contribution in [0.1, 0.15) is 6.42 Å². The van der Waals surface area contributed by atoms with Gasteiger partial charge in [-0.1, -0.05) is 0 Å². The molecule has 0 N–H and O–H groups in total. The number of esters is 1. The van der Waals surface area contributed by atoms with E-state index in [1.165, 1.54) is 7.11 Å². The summed E-state index contributed by atoms with van der Waals surface area (Å²) in [6.45, 7) is 0.694. The zero-order valence-electron chi connectivity index (χ0n) is 6.49. The molecule has 0 amide bonds. The molecule has 0 fully saturated rings. The maximum atomic E-state index is 10.7. The van der Waals surface area contributed by atoms with Crippen LogP contribution in [0.3, 0.4) is 0 Å². The summed E-state index contributed by atoms with van der Waals surface area (Å²) in [6.07, 6.45) is 4.27. The number of carbonyl (C=O) groups is 1. The van der Waals surface area contributed by atoms with Crippen LogP contribution in [0.4, 0.5) is 0 Å². The molecule has 0 radical (unpaired) electrons. The van der Waals surface area contributed by atoms with E-state index in [2.05, 4.69) is 4.74 Å². The Balaban J connectivity index is 2.29. The lowest BCUT2D eigenvalue weighted by molar-refractivity contribution is -0.140. The molecule has 0 saturated heterocycles. The summed E-state index contributed by atoms with van der Waals surface area (Å²) >= 11 is 0. The zero-order chi connectivity index (χ0) is 8.10. The van der Waals surface area contributed by atoms with Gasteiger partial charge in [0.15, 0.2) is 0 Å². The fourth-order valence-corrected chi connectivity index (χ4v) is 0.842. The first kappa shape index (κ1) is 7.85. The van der Waals surface area contributed by atoms with Gasteiger partial charge in [0.2, 0.25) is 0 Å². The predicted molar refractivity (Wildman–Crippen MR) is 41.1 cm³/mol. The quantitative estimate of drug-likeness (QED) is 0.608. The maximum Gasteiger partial charge on any atom is 0.307 e. The molecule has 60 valence electrons. The topological polar surface area (TPSA) is 31.2 Å². The van der Waals surface area contributed by atoms with Gasteiger partial charge in [-0.05, 0) is 12.1 Å². The van der Waals surface area contributed by atoms with Crippen LogP contribution >= 0.6 is 0 Å². The third-order valence-corrected chi connectivity index (χ3v) is 1.47. The highest BCUT2D eigenvalue weighted by Crippen LogP contribution is 1.93. The third kappa shape index (κ3) is 2.45. The normalized spacial score (nSPS) is 9.55. The number of aryl methyl sites for hydroxylation is 1. The van der Waals surface area contributed by atoms with Crippen molar-refractivity contribution in [1.29, 1.82) is 0 Å². The summed E-state index contributed by atoms with van der Waals surface area (Å²) in [5.74, 6) is -0.168. The molecule has 3 heteroatoms. The minimum absolute atomic E-state index is 0.168. The SMILES string of the molecule is COC(=O)CCn1cccc1. The van der Waals surface area contributed by atoms with Crippen molar-refractivity contribution in [2.45, 2.75) is 13.0 Å². The second-order valence-electron chi connectivity index (χ2n) is 2.25. The van der Waals surface area contributed by atoms with E-state index in [0.29, 0.717) is 13.0 Å². The summed E-state index contributed by atoms with van der Waals surface area (Å²) in [7, 11) is 1.40. The first-order chi connectivity index (χ1) is 5.33. The van der Waals surface area contributed by atoms with Gasteiger partial charge in [-0.3, -0.25) is 4.79 Å². The number of carbonyl (C=O) groups excluding carboxylic acids is 1. The number of aromatic nitrogens is 1. The smallest absolute Gasteiger partial charge is 0.307 e. The third-order valence-electron chi connectivity index (χ3n) is 1.47. The molecule has 1 aromatic rings. The van der Waals surface area contributed by atoms with Crippen LogP contribution in [0.25, 0.3) is 0 Å². The molecule has 0 spiro atoms. The molecule has 1 aromatic heterocycles. The Kier molecular flexibility index (Phi) is 2.72. The molecular weight excluding hydrogens is 142 g/mol. The van der Waals surface area contributed by atoms with Crippen LogP contribution in [0.5, 0.6) is 0 Å². The minimum atomic E-state index is -0.168. The molecule has 1 heterocycles. The van der Waals surface area contributed by atoms with Crippen LogP contribution in [-0.2, 0) is 16.1 Å². The Morgan fingerprint density at radius 3 is 2.64 bits per heavy atom. The van der Waals surface area contributed by atoms with Crippen LogP contribution in [-0.4, -0.2) is 17.6 Å². The first-order valence-electron chi connectivity index (χ1n) is 3.50. The van der Waals surface area contributed by atoms with Gasteiger partial charge < -0.3 is 9.30 Å². The number of nitrogens with zero attached hydrogens (tertiary/aromatic N) is 1. The van der Waals surface area contributed by atoms with Crippen molar-refractivity contribution in [2.24, 2.45) is 0 Å². The van der Waals surface area contributed by atoms with Crippen molar-refractivity contribution >= 4 is 5.97 Å². The molecule has 0 aliphatic carbocycles. The van der Waals surface area contributed by atoms with Crippen LogP contribution in [0, 0.1) is 0 Å². The van der Waals surface area contributed by atoms with Gasteiger partial charge in [0, 0.05) is 18.9 Å². The van der Waals surface area contributed by atoms with Crippen molar-refractivity contribution < 1.29 is 9.53 Å². The van der Waals surface area contributed by atoms with E-state index in [0.717, 1.165) is 0 Å². The summed E-state index contributed by atoms with van der Waals surface area (Å²) < 4.78 is 6.44. The highest BCUT2D eigenvalue weighted by atomic mass is 16.5. The average molecular weight is 153 g/mol. The Morgan fingerprint density at radius 2 is 2.09 bits per heavy atom. The van der Waals surface area contributed by atoms with Gasteiger partial charge in [0.1, 0.15) is 0 Å². The molecule has 11 heavy (non-hydrogen) atoms. The number of methoxy groups -OCH3 is 1. The van der Waals surface area contributed by atoms with Crippen molar-refractivity contribution in [3.8, 4) is 0 Å². The van der Waals surface area contributed by atoms with E-state index < -0.39 is 0 Å². The van der Waals surface area contributed by atoms with Gasteiger partial charge in [0.25, 0.3) is 0 Å². The summed E-state index contributed by atoms with van der Waals surface area (Å²) in [5, 5.41) is 0. The van der Waals surface area contributed by atoms with Gasteiger partial charge in [0.05, 0.1) is 13.5 Å². The van der Waals surface area contributed by atoms with E-state index in [1.807, 2.05) is 29.1 Å². The Morgan fingerprint density at radius 1 is 1.45 bits per heavy atom. The number of rotatable bonds is 3. The molecule has 0 saturated carbocycles. The van der Waals surface area contributed by atoms with E-state index in [-0.39, 0.29) is 5.97 Å². The molecule has 0 bridgehead atoms. The van der Waals surface area contributed by atoms with Crippen molar-refractivity contribution in [3.05, 3.63) is 24.5 Å². The van der Waals surface area contributed by atoms with E-state index in [9.17, 15) is 4.79 Å². The Labute approximate surface area is 65.6 Å². The van der Waals surface area contributed by atoms with E-state index in [4.69, 9.17) is 0 Å². The molecule has 0 atom stereocenters. The maximum absolute atomic E-state index is 10.7. The van der Waals surface area contributed by atoms with Gasteiger partial charge in [-0.15, -0.1) is 0 Å². The minimum Gasteiger partial charge on any atom is -0.469 e. The van der Waals surface area contributed by atoms with Crippen molar-refractivity contribution in [2.75, 3.05) is 7.11 Å². The summed E-state index contributed by atoms with van der Waals surface area (Å²) in [5.41, 5.74) is 0. The summed E-state index contributed by atoms with van der Waals surface area (Å²) in [6, 6.07) is 3.86. The van der Waals surface area contributed by atoms with Crippen LogP contribution in [0.2, 0.25) is 0 Å². The standard InChI is InChI=1S/C8H11NO2/c1-11-8(10)4-7-9-5-2-3-6-9/h2-3,5-6H,4,7H2,1H3. The average Bonchev–Trinajstić information content (AvgIpc) is 2.52. The molecule has 0 aliphatic rings. The van der Waals surface area contributed by atoms with Crippen LogP contribution < -0.4 is 0 Å². The number of ether oxygens (including phenoxy) is 1. The largest absolute Gasteiger partial charge is 0.469 e. The molecule has 0 aliphatic heterocycles. The van der Waals surface area contributed by atoms with Crippen molar-refractivity contribution in [3.63, 3.8) is 0 Å². The van der Waals surface area contributed by atoms with Gasteiger partial charge >= 0.3 is 5.97 Å². The highest BCUT2D eigenvalue weighted by Gasteiger charge is 1.98. The summed E-state index contributed by atoms with van der Waals surface area (Å²) in [4.78, 5) is 10.7. The lowest BCUT2D eigenvalue weighted by Gasteiger charge is -1.99. The lowest BCUT2D eigenvalue weighted by Crippen LogP contribution is -2.05. The molecular formula is C8H11NO2. The lowest BCUT2D eigenvalue weighted by atomic mass is 10.4. The van der Waals surface area contributed by atoms with Gasteiger partial charge in [-0.2, -0.15) is 0 Å². The molecule has 0 unspecified atom stereocenters. The second kappa shape index (κ2) is 3.81. The molecule has 3 nitrogen and oxygen atoms in total. The number of hydrogen-bond acceptors (Lipinski definition) is 2. The predicted octanol–water partition coefficient (Wildman–Crippen LogP) is 1.05. The zero-order valence-corrected chi connectivity index (χ0v) is 6.49. The van der Waals surface area contributed by atoms with Crippen LogP contribution in [0.15, 0.2) is 24.5 Å². The first-order valence-corrected chi connectivity index (χ1v) is 3.50. The fourth-order valence-electron chi connectivity index (χ4n) is 0.842. The monoisotopic (exact) mass is 153 g/mol. The molecule has 0 aromatic carbocycles. The number of hydrogen-bond donors (Lipinski definition) is 0. The molecule has 1 rings (SSSR count). The van der Waals surface area contributed by atoms with E-state index >= 15 is 0 Å². The Hall–Kier alpha value is -1.25. The van der Waals surface area contributed by atoms with Crippen molar-refractivity contribution in [1.82, 2.24) is 4.57 Å². The van der Waals surface area contributed by atoms with Gasteiger partial charge in [-0.25, -0.2) is 0 Å². The highest BCUT2D eigenvalue weighted by molar-refractivity contribution is 5.68. The van der Waals surface area contributed by atoms with E-state index in [1.54, 1.807) is 0 Å². The Bertz CT molecular complexity index is 216. The fraction of sp³-hybridized carbons (Fsp3) is 0.375. The second-order valence-corrected chi connectivity index (χ2v) is 2.25.